The van der Waals surface area contributed by atoms with Crippen molar-refractivity contribution in [1.82, 2.24) is 5.20 Å². The van der Waals surface area contributed by atoms with Gasteiger partial charge >= 0.3 is 12.3 Å². The third-order valence-corrected chi connectivity index (χ3v) is 5.14. The van der Waals surface area contributed by atoms with Crippen molar-refractivity contribution >= 4 is 35.6 Å². The van der Waals surface area contributed by atoms with Crippen molar-refractivity contribution in [3.8, 4) is 5.75 Å². The van der Waals surface area contributed by atoms with Crippen LogP contribution >= 0.6 is 6.64 Å². The van der Waals surface area contributed by atoms with E-state index in [9.17, 15) is 9.90 Å². The number of para-hydroxylation sites is 1. The average Bonchev–Trinajstić information content (AvgIpc) is 2.50. The lowest BCUT2D eigenvalue weighted by Gasteiger charge is -2.15. The van der Waals surface area contributed by atoms with Crippen LogP contribution in [0, 0.1) is 0 Å². The van der Waals surface area contributed by atoms with Gasteiger partial charge in [-0.1, -0.05) is 12.1 Å². The number of benzene rings is 1. The van der Waals surface area contributed by atoms with Gasteiger partial charge in [-0.3, -0.25) is 0 Å². The summed E-state index contributed by atoms with van der Waals surface area (Å²) in [4.78, 5) is 11.8. The molecule has 0 amide bonds. The number of hydrogen-bond donors (Lipinski definition) is 2. The van der Waals surface area contributed by atoms with Gasteiger partial charge in [0.05, 0.1) is 11.6 Å². The SMILES string of the molecule is COP(=S)(N/N=C/c1c(O)c2ccccc2oc1=O)OC. The van der Waals surface area contributed by atoms with Crippen molar-refractivity contribution < 1.29 is 18.6 Å². The molecule has 0 radical (unpaired) electrons. The zero-order valence-electron chi connectivity index (χ0n) is 11.3. The Kier molecular flexibility index (Phi) is 4.74. The predicted octanol–water partition coefficient (Wildman–Crippen LogP) is 1.94. The summed E-state index contributed by atoms with van der Waals surface area (Å²) in [5.41, 5.74) is -0.501. The molecular weight excluding hydrogens is 315 g/mol. The van der Waals surface area contributed by atoms with Crippen LogP contribution in [-0.4, -0.2) is 25.5 Å². The minimum Gasteiger partial charge on any atom is -0.506 e. The average molecular weight is 328 g/mol. The fourth-order valence-electron chi connectivity index (χ4n) is 1.58. The quantitative estimate of drug-likeness (QED) is 0.375. The molecule has 0 saturated carbocycles. The molecule has 1 aromatic heterocycles. The van der Waals surface area contributed by atoms with E-state index in [2.05, 4.69) is 10.3 Å². The molecule has 112 valence electrons. The largest absolute Gasteiger partial charge is 0.506 e. The minimum atomic E-state index is -2.73. The molecule has 21 heavy (non-hydrogen) atoms. The van der Waals surface area contributed by atoms with E-state index in [0.29, 0.717) is 11.0 Å². The van der Waals surface area contributed by atoms with Crippen LogP contribution in [0.4, 0.5) is 0 Å². The van der Waals surface area contributed by atoms with Gasteiger partial charge in [-0.25, -0.2) is 9.99 Å². The summed E-state index contributed by atoms with van der Waals surface area (Å²) in [6, 6.07) is 6.64. The van der Waals surface area contributed by atoms with E-state index in [1.165, 1.54) is 14.2 Å². The van der Waals surface area contributed by atoms with Crippen LogP contribution in [0.1, 0.15) is 5.56 Å². The van der Waals surface area contributed by atoms with Crippen molar-refractivity contribution in [1.29, 1.82) is 0 Å². The molecule has 0 aliphatic rings. The number of hydrazone groups is 1. The van der Waals surface area contributed by atoms with E-state index in [1.807, 2.05) is 0 Å². The number of aromatic hydroxyl groups is 1. The lowest BCUT2D eigenvalue weighted by molar-refractivity contribution is 0.327. The second-order valence-electron chi connectivity index (χ2n) is 3.87. The summed E-state index contributed by atoms with van der Waals surface area (Å²) in [6.07, 6.45) is 1.12. The highest BCUT2D eigenvalue weighted by Gasteiger charge is 2.14. The second-order valence-corrected chi connectivity index (χ2v) is 7.24. The Bertz CT molecular complexity index is 781. The number of rotatable bonds is 5. The maximum absolute atomic E-state index is 11.8. The monoisotopic (exact) mass is 328 g/mol. The zero-order chi connectivity index (χ0) is 15.5. The fraction of sp³-hybridized carbons (Fsp3) is 0.167. The van der Waals surface area contributed by atoms with Crippen molar-refractivity contribution in [2.24, 2.45) is 5.10 Å². The number of nitrogens with zero attached hydrogens (tertiary/aromatic N) is 1. The Balaban J connectivity index is 2.39. The predicted molar refractivity (Wildman–Crippen MR) is 83.2 cm³/mol. The molecule has 0 aliphatic heterocycles. The molecule has 0 saturated heterocycles. The van der Waals surface area contributed by atoms with Crippen molar-refractivity contribution in [2.75, 3.05) is 14.2 Å². The second kappa shape index (κ2) is 6.36. The summed E-state index contributed by atoms with van der Waals surface area (Å²) >= 11 is 5.04. The molecule has 0 fully saturated rings. The van der Waals surface area contributed by atoms with Gasteiger partial charge in [0, 0.05) is 14.2 Å². The van der Waals surface area contributed by atoms with E-state index in [0.717, 1.165) is 6.21 Å². The summed E-state index contributed by atoms with van der Waals surface area (Å²) < 4.78 is 15.0. The number of hydrogen-bond acceptors (Lipinski definition) is 7. The third kappa shape index (κ3) is 3.30. The van der Waals surface area contributed by atoms with Gasteiger partial charge in [-0.2, -0.15) is 5.10 Å². The highest BCUT2D eigenvalue weighted by atomic mass is 32.5. The zero-order valence-corrected chi connectivity index (χ0v) is 13.0. The molecule has 1 aromatic carbocycles. The van der Waals surface area contributed by atoms with Crippen molar-refractivity contribution in [3.05, 3.63) is 40.2 Å². The van der Waals surface area contributed by atoms with Crippen LogP contribution < -0.4 is 10.8 Å². The summed E-state index contributed by atoms with van der Waals surface area (Å²) in [6.45, 7) is -2.73. The standard InChI is InChI=1S/C12H13N2O5PS/c1-17-20(21,18-2)14-13-7-9-11(15)8-5-3-4-6-10(8)19-12(9)16/h3-7,15H,1-2H3,(H,14,21)/b13-7+. The molecule has 2 rings (SSSR count). The molecule has 0 spiro atoms. The summed E-state index contributed by atoms with van der Waals surface area (Å²) in [7, 11) is 2.77. The van der Waals surface area contributed by atoms with E-state index in [1.54, 1.807) is 24.3 Å². The van der Waals surface area contributed by atoms with Crippen LogP contribution in [0.2, 0.25) is 0 Å². The number of fused-ring (bicyclic) bond motifs is 1. The van der Waals surface area contributed by atoms with E-state index < -0.39 is 12.3 Å². The van der Waals surface area contributed by atoms with Crippen molar-refractivity contribution in [3.63, 3.8) is 0 Å². The molecule has 1 heterocycles. The highest BCUT2D eigenvalue weighted by molar-refractivity contribution is 8.08. The Morgan fingerprint density at radius 1 is 1.38 bits per heavy atom. The van der Waals surface area contributed by atoms with Crippen LogP contribution in [0.25, 0.3) is 11.0 Å². The lowest BCUT2D eigenvalue weighted by Crippen LogP contribution is -2.10. The first-order valence-corrected chi connectivity index (χ1v) is 8.41. The molecule has 2 aromatic rings. The first kappa shape index (κ1) is 15.7. The van der Waals surface area contributed by atoms with E-state index in [-0.39, 0.29) is 11.3 Å². The van der Waals surface area contributed by atoms with Gasteiger partial charge in [0.15, 0.2) is 0 Å². The Hall–Kier alpha value is -1.73. The fourth-order valence-corrected chi connectivity index (χ4v) is 2.23. The maximum atomic E-state index is 11.8. The Labute approximate surface area is 125 Å². The molecule has 0 bridgehead atoms. The van der Waals surface area contributed by atoms with Gasteiger partial charge in [-0.05, 0) is 23.9 Å². The van der Waals surface area contributed by atoms with E-state index in [4.69, 9.17) is 25.3 Å². The van der Waals surface area contributed by atoms with Crippen LogP contribution in [-0.2, 0) is 20.9 Å². The first-order chi connectivity index (χ1) is 10.0. The summed E-state index contributed by atoms with van der Waals surface area (Å²) in [5.74, 6) is -0.212. The van der Waals surface area contributed by atoms with Crippen LogP contribution in [0.3, 0.4) is 0 Å². The maximum Gasteiger partial charge on any atom is 0.349 e. The molecule has 0 atom stereocenters. The van der Waals surface area contributed by atoms with Gasteiger partial charge in [-0.15, -0.1) is 0 Å². The molecule has 9 heteroatoms. The third-order valence-electron chi connectivity index (χ3n) is 2.67. The molecule has 0 aliphatic carbocycles. The smallest absolute Gasteiger partial charge is 0.349 e. The molecule has 2 N–H and O–H groups in total. The topological polar surface area (TPSA) is 93.3 Å². The lowest BCUT2D eigenvalue weighted by atomic mass is 10.1. The molecule has 0 unspecified atom stereocenters. The van der Waals surface area contributed by atoms with Crippen molar-refractivity contribution in [2.45, 2.75) is 0 Å². The molecule has 7 nitrogen and oxygen atoms in total. The van der Waals surface area contributed by atoms with Crippen LogP contribution in [0.15, 0.2) is 38.6 Å². The number of nitrogens with one attached hydrogen (secondary N) is 1. The van der Waals surface area contributed by atoms with Gasteiger partial charge in [0.2, 0.25) is 0 Å². The first-order valence-electron chi connectivity index (χ1n) is 5.77. The minimum absolute atomic E-state index is 0.0880. The van der Waals surface area contributed by atoms with Gasteiger partial charge < -0.3 is 18.6 Å². The van der Waals surface area contributed by atoms with Crippen LogP contribution in [0.5, 0.6) is 5.75 Å². The summed E-state index contributed by atoms with van der Waals surface area (Å²) in [5, 5.41) is 16.8. The normalized spacial score (nSPS) is 12.1. The Morgan fingerprint density at radius 3 is 2.71 bits per heavy atom. The van der Waals surface area contributed by atoms with E-state index >= 15 is 0 Å². The Morgan fingerprint density at radius 2 is 2.05 bits per heavy atom. The molecular formula is C12H13N2O5PS. The van der Waals surface area contributed by atoms with Gasteiger partial charge in [0.1, 0.15) is 16.9 Å². The highest BCUT2D eigenvalue weighted by Crippen LogP contribution is 2.41. The van der Waals surface area contributed by atoms with Gasteiger partial charge in [0.25, 0.3) is 0 Å².